The van der Waals surface area contributed by atoms with Crippen molar-refractivity contribution in [1.29, 1.82) is 0 Å². The van der Waals surface area contributed by atoms with Gasteiger partial charge < -0.3 is 20.1 Å². The summed E-state index contributed by atoms with van der Waals surface area (Å²) in [6, 6.07) is 5.84. The average Bonchev–Trinajstić information content (AvgIpc) is 2.34. The minimum Gasteiger partial charge on any atom is -0.493 e. The van der Waals surface area contributed by atoms with E-state index in [1.165, 1.54) is 0 Å². The average molecular weight is 252 g/mol. The summed E-state index contributed by atoms with van der Waals surface area (Å²) in [5.41, 5.74) is 6.89. The van der Waals surface area contributed by atoms with E-state index in [-0.39, 0.29) is 6.04 Å². The highest BCUT2D eigenvalue weighted by Crippen LogP contribution is 2.29. The third-order valence-corrected chi connectivity index (χ3v) is 2.72. The van der Waals surface area contributed by atoms with Crippen molar-refractivity contribution in [2.75, 3.05) is 34.4 Å². The Balaban J connectivity index is 2.59. The van der Waals surface area contributed by atoms with Gasteiger partial charge in [-0.15, -0.1) is 0 Å². The van der Waals surface area contributed by atoms with Crippen LogP contribution in [0.3, 0.4) is 0 Å². The lowest BCUT2D eigenvalue weighted by Crippen LogP contribution is -2.15. The predicted octanol–water partition coefficient (Wildman–Crippen LogP) is 2.05. The van der Waals surface area contributed by atoms with Gasteiger partial charge in [0.1, 0.15) is 0 Å². The zero-order valence-electron chi connectivity index (χ0n) is 11.8. The Labute approximate surface area is 110 Å². The number of hydrogen-bond donors (Lipinski definition) is 1. The highest BCUT2D eigenvalue weighted by Gasteiger charge is 2.07. The van der Waals surface area contributed by atoms with Gasteiger partial charge in [-0.05, 0) is 45.1 Å². The number of nitrogens with zero attached hydrogens (tertiary/aromatic N) is 1. The minimum atomic E-state index is 0.00157. The van der Waals surface area contributed by atoms with Gasteiger partial charge >= 0.3 is 0 Å². The van der Waals surface area contributed by atoms with Crippen LogP contribution in [0, 0.1) is 0 Å². The molecule has 0 amide bonds. The first kappa shape index (κ1) is 14.8. The third kappa shape index (κ3) is 4.55. The first-order valence-electron chi connectivity index (χ1n) is 6.25. The Bertz CT molecular complexity index is 365. The van der Waals surface area contributed by atoms with E-state index in [1.54, 1.807) is 7.11 Å². The molecule has 1 aromatic carbocycles. The van der Waals surface area contributed by atoms with Crippen molar-refractivity contribution in [2.24, 2.45) is 5.73 Å². The molecule has 18 heavy (non-hydrogen) atoms. The van der Waals surface area contributed by atoms with Crippen LogP contribution in [-0.4, -0.2) is 39.3 Å². The fraction of sp³-hybridized carbons (Fsp3) is 0.571. The zero-order chi connectivity index (χ0) is 13.5. The van der Waals surface area contributed by atoms with E-state index >= 15 is 0 Å². The zero-order valence-corrected chi connectivity index (χ0v) is 11.8. The molecule has 0 aliphatic rings. The van der Waals surface area contributed by atoms with Gasteiger partial charge in [-0.25, -0.2) is 0 Å². The van der Waals surface area contributed by atoms with Crippen LogP contribution in [0.1, 0.15) is 24.9 Å². The van der Waals surface area contributed by atoms with Crippen molar-refractivity contribution in [1.82, 2.24) is 4.90 Å². The molecule has 0 heterocycles. The van der Waals surface area contributed by atoms with E-state index in [2.05, 4.69) is 19.0 Å². The molecule has 0 saturated heterocycles. The molecular weight excluding hydrogens is 228 g/mol. The monoisotopic (exact) mass is 252 g/mol. The molecule has 0 spiro atoms. The van der Waals surface area contributed by atoms with Crippen LogP contribution in [0.4, 0.5) is 0 Å². The van der Waals surface area contributed by atoms with Gasteiger partial charge in [-0.2, -0.15) is 0 Å². The van der Waals surface area contributed by atoms with Gasteiger partial charge in [0.05, 0.1) is 13.7 Å². The number of ether oxygens (including phenoxy) is 2. The number of nitrogens with two attached hydrogens (primary N) is 1. The molecule has 0 radical (unpaired) electrons. The summed E-state index contributed by atoms with van der Waals surface area (Å²) in [5.74, 6) is 1.52. The molecular formula is C14H24N2O2. The topological polar surface area (TPSA) is 47.7 Å². The van der Waals surface area contributed by atoms with Crippen LogP contribution in [0.15, 0.2) is 18.2 Å². The Morgan fingerprint density at radius 1 is 1.28 bits per heavy atom. The van der Waals surface area contributed by atoms with Crippen LogP contribution in [0.5, 0.6) is 11.5 Å². The maximum absolute atomic E-state index is 5.84. The second kappa shape index (κ2) is 7.24. The Kier molecular flexibility index (Phi) is 5.95. The molecule has 0 aromatic heterocycles. The maximum atomic E-state index is 5.84. The smallest absolute Gasteiger partial charge is 0.161 e. The van der Waals surface area contributed by atoms with Crippen molar-refractivity contribution < 1.29 is 9.47 Å². The van der Waals surface area contributed by atoms with E-state index in [4.69, 9.17) is 15.2 Å². The van der Waals surface area contributed by atoms with Gasteiger partial charge in [-0.3, -0.25) is 0 Å². The molecule has 102 valence electrons. The van der Waals surface area contributed by atoms with Crippen LogP contribution in [-0.2, 0) is 0 Å². The highest BCUT2D eigenvalue weighted by atomic mass is 16.5. The minimum absolute atomic E-state index is 0.00157. The lowest BCUT2D eigenvalue weighted by Gasteiger charge is -2.14. The predicted molar refractivity (Wildman–Crippen MR) is 74.3 cm³/mol. The molecule has 4 nitrogen and oxygen atoms in total. The summed E-state index contributed by atoms with van der Waals surface area (Å²) in [6.07, 6.45) is 0.991. The summed E-state index contributed by atoms with van der Waals surface area (Å²) < 4.78 is 11.0. The number of methoxy groups -OCH3 is 1. The molecule has 1 aromatic rings. The standard InChI is InChI=1S/C14H24N2O2/c1-11(15)12-6-7-13(14(10-12)17-4)18-9-5-8-16(2)3/h6-7,10-11H,5,8-9,15H2,1-4H3/t11-/m1/s1. The number of rotatable bonds is 7. The van der Waals surface area contributed by atoms with Crippen LogP contribution in [0.2, 0.25) is 0 Å². The van der Waals surface area contributed by atoms with Crippen LogP contribution >= 0.6 is 0 Å². The van der Waals surface area contributed by atoms with Gasteiger partial charge in [0.15, 0.2) is 11.5 Å². The van der Waals surface area contributed by atoms with Gasteiger partial charge in [0.2, 0.25) is 0 Å². The summed E-state index contributed by atoms with van der Waals surface area (Å²) in [5, 5.41) is 0. The number of benzene rings is 1. The van der Waals surface area contributed by atoms with Crippen molar-refractivity contribution >= 4 is 0 Å². The molecule has 0 saturated carbocycles. The first-order valence-corrected chi connectivity index (χ1v) is 6.25. The van der Waals surface area contributed by atoms with Crippen molar-refractivity contribution in [3.8, 4) is 11.5 Å². The molecule has 1 rings (SSSR count). The number of hydrogen-bond acceptors (Lipinski definition) is 4. The molecule has 0 aliphatic heterocycles. The largest absolute Gasteiger partial charge is 0.493 e. The lowest BCUT2D eigenvalue weighted by atomic mass is 10.1. The summed E-state index contributed by atoms with van der Waals surface area (Å²) in [7, 11) is 5.75. The quantitative estimate of drug-likeness (QED) is 0.754. The van der Waals surface area contributed by atoms with Crippen LogP contribution < -0.4 is 15.2 Å². The van der Waals surface area contributed by atoms with E-state index in [0.717, 1.165) is 30.0 Å². The van der Waals surface area contributed by atoms with E-state index in [0.29, 0.717) is 6.61 Å². The Morgan fingerprint density at radius 2 is 2.00 bits per heavy atom. The third-order valence-electron chi connectivity index (χ3n) is 2.72. The van der Waals surface area contributed by atoms with Crippen molar-refractivity contribution in [3.63, 3.8) is 0 Å². The van der Waals surface area contributed by atoms with Crippen LogP contribution in [0.25, 0.3) is 0 Å². The second-order valence-corrected chi connectivity index (χ2v) is 4.70. The van der Waals surface area contributed by atoms with Crippen molar-refractivity contribution in [3.05, 3.63) is 23.8 Å². The first-order chi connectivity index (χ1) is 8.54. The molecule has 4 heteroatoms. The SMILES string of the molecule is COc1cc([C@@H](C)N)ccc1OCCCN(C)C. The Morgan fingerprint density at radius 3 is 2.56 bits per heavy atom. The van der Waals surface area contributed by atoms with E-state index < -0.39 is 0 Å². The van der Waals surface area contributed by atoms with Crippen molar-refractivity contribution in [2.45, 2.75) is 19.4 Å². The summed E-state index contributed by atoms with van der Waals surface area (Å²) in [4.78, 5) is 2.14. The fourth-order valence-corrected chi connectivity index (χ4v) is 1.65. The van der Waals surface area contributed by atoms with E-state index in [9.17, 15) is 0 Å². The lowest BCUT2D eigenvalue weighted by molar-refractivity contribution is 0.268. The maximum Gasteiger partial charge on any atom is 0.161 e. The molecule has 0 fully saturated rings. The highest BCUT2D eigenvalue weighted by molar-refractivity contribution is 5.43. The molecule has 2 N–H and O–H groups in total. The second-order valence-electron chi connectivity index (χ2n) is 4.70. The normalized spacial score (nSPS) is 12.6. The molecule has 1 atom stereocenters. The summed E-state index contributed by atoms with van der Waals surface area (Å²) >= 11 is 0. The van der Waals surface area contributed by atoms with Gasteiger partial charge in [0, 0.05) is 12.6 Å². The molecule has 0 bridgehead atoms. The Hall–Kier alpha value is -1.26. The summed E-state index contributed by atoms with van der Waals surface area (Å²) in [6.45, 7) is 3.65. The van der Waals surface area contributed by atoms with E-state index in [1.807, 2.05) is 25.1 Å². The molecule has 0 unspecified atom stereocenters. The fourth-order valence-electron chi connectivity index (χ4n) is 1.65. The molecule has 0 aliphatic carbocycles. The van der Waals surface area contributed by atoms with Gasteiger partial charge in [-0.1, -0.05) is 6.07 Å². The van der Waals surface area contributed by atoms with Gasteiger partial charge in [0.25, 0.3) is 0 Å².